The van der Waals surface area contributed by atoms with Crippen LogP contribution in [0.1, 0.15) is 16.7 Å². The molecule has 0 saturated carbocycles. The highest BCUT2D eigenvalue weighted by Gasteiger charge is 2.28. The Labute approximate surface area is 136 Å². The zero-order valence-electron chi connectivity index (χ0n) is 13.2. The van der Waals surface area contributed by atoms with E-state index in [0.717, 1.165) is 11.8 Å². The topological polar surface area (TPSA) is 130 Å². The Morgan fingerprint density at radius 2 is 1.61 bits per heavy atom. The van der Waals surface area contributed by atoms with Crippen LogP contribution in [0.25, 0.3) is 0 Å². The summed E-state index contributed by atoms with van der Waals surface area (Å²) in [5.41, 5.74) is 1.85. The van der Waals surface area contributed by atoms with Crippen molar-refractivity contribution < 1.29 is 26.7 Å². The number of carboxylic acid groups (broad SMARTS) is 1. The lowest BCUT2D eigenvalue weighted by atomic mass is 10.1. The first kappa shape index (κ1) is 19.6. The second-order valence-corrected chi connectivity index (χ2v) is 8.84. The zero-order valence-corrected chi connectivity index (χ0v) is 14.9. The summed E-state index contributed by atoms with van der Waals surface area (Å²) in [7, 11) is -7.76. The van der Waals surface area contributed by atoms with Gasteiger partial charge in [0.05, 0.1) is 11.2 Å². The van der Waals surface area contributed by atoms with E-state index in [-0.39, 0.29) is 4.90 Å². The highest BCUT2D eigenvalue weighted by Crippen LogP contribution is 2.21. The molecule has 23 heavy (non-hydrogen) atoms. The van der Waals surface area contributed by atoms with E-state index in [1.54, 1.807) is 26.0 Å². The van der Waals surface area contributed by atoms with Gasteiger partial charge in [-0.25, -0.2) is 21.6 Å². The number of carboxylic acids is 1. The summed E-state index contributed by atoms with van der Waals surface area (Å²) in [4.78, 5) is 11.2. The number of carbonyl (C=O) groups is 1. The molecule has 0 heterocycles. The van der Waals surface area contributed by atoms with Crippen molar-refractivity contribution in [3.63, 3.8) is 0 Å². The zero-order chi connectivity index (χ0) is 18.0. The second kappa shape index (κ2) is 6.95. The molecule has 130 valence electrons. The lowest BCUT2D eigenvalue weighted by Crippen LogP contribution is -2.48. The van der Waals surface area contributed by atoms with Crippen LogP contribution in [-0.2, 0) is 24.8 Å². The van der Waals surface area contributed by atoms with Gasteiger partial charge in [-0.15, -0.1) is 0 Å². The molecule has 0 fully saturated rings. The molecule has 0 aromatic heterocycles. The van der Waals surface area contributed by atoms with Crippen LogP contribution in [0.5, 0.6) is 0 Å². The minimum absolute atomic E-state index is 0.00583. The van der Waals surface area contributed by atoms with E-state index in [2.05, 4.69) is 0 Å². The van der Waals surface area contributed by atoms with Crippen LogP contribution >= 0.6 is 0 Å². The number of sulfonamides is 2. The van der Waals surface area contributed by atoms with Crippen molar-refractivity contribution in [1.82, 2.24) is 9.44 Å². The van der Waals surface area contributed by atoms with E-state index in [0.29, 0.717) is 11.1 Å². The maximum atomic E-state index is 12.5. The molecule has 3 N–H and O–H groups in total. The molecule has 1 rings (SSSR count). The standard InChI is InChI=1S/C13H20N2O6S2/c1-8-5-9(2)12(10(3)6-8)23(20,21)15-11(13(16)17)7-14-22(4,18)19/h5-6,11,14-15H,7H2,1-4H3,(H,16,17)/t11-/m1/s1. The summed E-state index contributed by atoms with van der Waals surface area (Å²) in [6.45, 7) is 4.45. The van der Waals surface area contributed by atoms with E-state index >= 15 is 0 Å². The number of aryl methyl sites for hydroxylation is 3. The minimum atomic E-state index is -4.12. The van der Waals surface area contributed by atoms with Crippen molar-refractivity contribution in [3.8, 4) is 0 Å². The molecule has 8 nitrogen and oxygen atoms in total. The van der Waals surface area contributed by atoms with Gasteiger partial charge in [0.2, 0.25) is 20.0 Å². The maximum Gasteiger partial charge on any atom is 0.323 e. The van der Waals surface area contributed by atoms with Gasteiger partial charge in [-0.2, -0.15) is 4.72 Å². The van der Waals surface area contributed by atoms with E-state index in [1.807, 2.05) is 16.4 Å². The summed E-state index contributed by atoms with van der Waals surface area (Å²) >= 11 is 0. The van der Waals surface area contributed by atoms with Crippen molar-refractivity contribution in [2.45, 2.75) is 31.7 Å². The molecule has 0 aliphatic heterocycles. The summed E-state index contributed by atoms with van der Waals surface area (Å²) in [6.07, 6.45) is 0.856. The van der Waals surface area contributed by atoms with Crippen molar-refractivity contribution >= 4 is 26.0 Å². The van der Waals surface area contributed by atoms with Gasteiger partial charge in [0.25, 0.3) is 0 Å². The molecule has 1 atom stereocenters. The van der Waals surface area contributed by atoms with Crippen LogP contribution < -0.4 is 9.44 Å². The van der Waals surface area contributed by atoms with Gasteiger partial charge in [-0.1, -0.05) is 17.7 Å². The summed E-state index contributed by atoms with van der Waals surface area (Å²) < 4.78 is 51.1. The molecular formula is C13H20N2O6S2. The van der Waals surface area contributed by atoms with Gasteiger partial charge in [0, 0.05) is 6.54 Å². The van der Waals surface area contributed by atoms with Crippen LogP contribution in [0.15, 0.2) is 17.0 Å². The average molecular weight is 364 g/mol. The van der Waals surface area contributed by atoms with Crippen LogP contribution in [0, 0.1) is 20.8 Å². The number of hydrogen-bond acceptors (Lipinski definition) is 5. The highest BCUT2D eigenvalue weighted by atomic mass is 32.2. The Balaban J connectivity index is 3.15. The summed E-state index contributed by atoms with van der Waals surface area (Å²) in [5, 5.41) is 9.10. The fourth-order valence-electron chi connectivity index (χ4n) is 2.25. The third-order valence-corrected chi connectivity index (χ3v) is 5.49. The molecule has 10 heteroatoms. The number of benzene rings is 1. The molecule has 0 spiro atoms. The predicted molar refractivity (Wildman–Crippen MR) is 85.2 cm³/mol. The Hall–Kier alpha value is -1.49. The first-order valence-corrected chi connectivity index (χ1v) is 9.98. The largest absolute Gasteiger partial charge is 0.480 e. The van der Waals surface area contributed by atoms with Crippen LogP contribution in [0.2, 0.25) is 0 Å². The van der Waals surface area contributed by atoms with Gasteiger partial charge in [-0.3, -0.25) is 4.79 Å². The summed E-state index contributed by atoms with van der Waals surface area (Å²) in [6, 6.07) is 1.73. The van der Waals surface area contributed by atoms with E-state index < -0.39 is 38.6 Å². The maximum absolute atomic E-state index is 12.5. The lowest BCUT2D eigenvalue weighted by Gasteiger charge is -2.17. The van der Waals surface area contributed by atoms with Crippen molar-refractivity contribution in [1.29, 1.82) is 0 Å². The molecule has 0 amide bonds. The van der Waals surface area contributed by atoms with E-state index in [9.17, 15) is 21.6 Å². The quantitative estimate of drug-likeness (QED) is 0.619. The molecule has 1 aromatic carbocycles. The minimum Gasteiger partial charge on any atom is -0.480 e. The average Bonchev–Trinajstić information content (AvgIpc) is 2.31. The van der Waals surface area contributed by atoms with Crippen molar-refractivity contribution in [2.75, 3.05) is 12.8 Å². The van der Waals surface area contributed by atoms with Gasteiger partial charge in [-0.05, 0) is 31.9 Å². The Kier molecular flexibility index (Phi) is 5.91. The number of hydrogen-bond donors (Lipinski definition) is 3. The second-order valence-electron chi connectivity index (χ2n) is 5.36. The summed E-state index contributed by atoms with van der Waals surface area (Å²) in [5.74, 6) is -1.48. The van der Waals surface area contributed by atoms with Gasteiger partial charge < -0.3 is 5.11 Å². The third kappa shape index (κ3) is 5.57. The van der Waals surface area contributed by atoms with Crippen molar-refractivity contribution in [2.24, 2.45) is 0 Å². The van der Waals surface area contributed by atoms with E-state index in [1.165, 1.54) is 0 Å². The van der Waals surface area contributed by atoms with Crippen molar-refractivity contribution in [3.05, 3.63) is 28.8 Å². The molecule has 0 aliphatic rings. The van der Waals surface area contributed by atoms with Gasteiger partial charge in [0.15, 0.2) is 0 Å². The molecular weight excluding hydrogens is 344 g/mol. The number of aliphatic carboxylic acids is 1. The fourth-order valence-corrected chi connectivity index (χ4v) is 4.36. The van der Waals surface area contributed by atoms with Gasteiger partial charge >= 0.3 is 5.97 Å². The first-order chi connectivity index (χ1) is 10.3. The Bertz CT molecular complexity index is 792. The predicted octanol–water partition coefficient (Wildman–Crippen LogP) is -0.107. The lowest BCUT2D eigenvalue weighted by molar-refractivity contribution is -0.138. The molecule has 0 unspecified atom stereocenters. The number of nitrogens with one attached hydrogen (secondary N) is 2. The Morgan fingerprint density at radius 3 is 2.00 bits per heavy atom. The van der Waals surface area contributed by atoms with Gasteiger partial charge in [0.1, 0.15) is 6.04 Å². The third-order valence-electron chi connectivity index (χ3n) is 3.02. The first-order valence-electron chi connectivity index (χ1n) is 6.61. The SMILES string of the molecule is Cc1cc(C)c(S(=O)(=O)N[C@H](CNS(C)(=O)=O)C(=O)O)c(C)c1. The normalized spacial score (nSPS) is 13.7. The van der Waals surface area contributed by atoms with E-state index in [4.69, 9.17) is 5.11 Å². The molecule has 0 saturated heterocycles. The monoisotopic (exact) mass is 364 g/mol. The molecule has 0 aliphatic carbocycles. The van der Waals surface area contributed by atoms with Crippen LogP contribution in [0.3, 0.4) is 0 Å². The molecule has 0 radical (unpaired) electrons. The van der Waals surface area contributed by atoms with Crippen LogP contribution in [-0.4, -0.2) is 46.8 Å². The smallest absolute Gasteiger partial charge is 0.323 e. The molecule has 0 bridgehead atoms. The number of rotatable bonds is 7. The highest BCUT2D eigenvalue weighted by molar-refractivity contribution is 7.89. The fraction of sp³-hybridized carbons (Fsp3) is 0.462. The Morgan fingerprint density at radius 1 is 1.13 bits per heavy atom. The van der Waals surface area contributed by atoms with Crippen LogP contribution in [0.4, 0.5) is 0 Å². The molecule has 1 aromatic rings.